The molecule has 0 unspecified atom stereocenters. The van der Waals surface area contributed by atoms with Crippen molar-refractivity contribution < 1.29 is 29.3 Å². The van der Waals surface area contributed by atoms with Crippen LogP contribution in [-0.2, 0) is 19.1 Å². The number of amides is 1. The van der Waals surface area contributed by atoms with Crippen LogP contribution in [0.2, 0.25) is 0 Å². The first-order valence-electron chi connectivity index (χ1n) is 9.11. The number of H-pyrrole nitrogens is 1. The largest absolute Gasteiger partial charge is 0.483 e. The number of piperidine rings is 1. The lowest BCUT2D eigenvalue weighted by Gasteiger charge is -2.39. The van der Waals surface area contributed by atoms with Crippen molar-refractivity contribution in [1.82, 2.24) is 25.4 Å². The third kappa shape index (κ3) is 10.1. The number of carboxylic acid groups (broad SMARTS) is 2. The Morgan fingerprint density at radius 3 is 2.34 bits per heavy atom. The van der Waals surface area contributed by atoms with Crippen LogP contribution in [0.15, 0.2) is 5.16 Å². The number of hydrogen-bond donors (Lipinski definition) is 5. The standard InChI is InChI=1S/C14H24N6O2S.2CH2O2/c15-13-17-14(19-18-13)23-9-12(21)16-10-1-5-20(6-2-10)11-3-7-22-8-4-11;2*2-1-3/h10-11H,1-9H2,(H,16,21)(H3,15,17,18,19);2*1H,(H,2,3). The molecule has 12 nitrogen and oxygen atoms in total. The number of anilines is 1. The van der Waals surface area contributed by atoms with Crippen molar-refractivity contribution in [3.8, 4) is 0 Å². The van der Waals surface area contributed by atoms with Gasteiger partial charge in [-0.25, -0.2) is 5.10 Å². The van der Waals surface area contributed by atoms with Crippen LogP contribution in [0.25, 0.3) is 0 Å². The topological polar surface area (TPSA) is 184 Å². The monoisotopic (exact) mass is 432 g/mol. The van der Waals surface area contributed by atoms with Crippen LogP contribution in [0, 0.1) is 0 Å². The Morgan fingerprint density at radius 1 is 1.24 bits per heavy atom. The minimum atomic E-state index is -0.250. The van der Waals surface area contributed by atoms with E-state index in [0.29, 0.717) is 17.0 Å². The SMILES string of the molecule is Nc1nc(SCC(=O)NC2CCN(C3CCOCC3)CC2)n[nH]1.O=CO.O=CO. The van der Waals surface area contributed by atoms with Gasteiger partial charge in [0.05, 0.1) is 5.75 Å². The van der Waals surface area contributed by atoms with Crippen LogP contribution in [-0.4, -0.2) is 93.3 Å². The van der Waals surface area contributed by atoms with Crippen LogP contribution in [0.5, 0.6) is 0 Å². The minimum Gasteiger partial charge on any atom is -0.483 e. The maximum absolute atomic E-state index is 12.0. The number of nitrogens with zero attached hydrogens (tertiary/aromatic N) is 3. The highest BCUT2D eigenvalue weighted by Crippen LogP contribution is 2.20. The van der Waals surface area contributed by atoms with E-state index in [4.69, 9.17) is 30.3 Å². The van der Waals surface area contributed by atoms with Crippen LogP contribution in [0.1, 0.15) is 25.7 Å². The van der Waals surface area contributed by atoms with E-state index in [1.54, 1.807) is 0 Å². The summed E-state index contributed by atoms with van der Waals surface area (Å²) < 4.78 is 5.42. The first kappa shape index (κ1) is 24.7. The quantitative estimate of drug-likeness (QED) is 0.302. The zero-order chi connectivity index (χ0) is 21.5. The number of likely N-dealkylation sites (tertiary alicyclic amines) is 1. The number of ether oxygens (including phenoxy) is 1. The number of carbonyl (C=O) groups excluding carboxylic acids is 1. The summed E-state index contributed by atoms with van der Waals surface area (Å²) in [5.74, 6) is 0.619. The predicted molar refractivity (Wildman–Crippen MR) is 105 cm³/mol. The zero-order valence-corrected chi connectivity index (χ0v) is 16.8. The summed E-state index contributed by atoms with van der Waals surface area (Å²) in [5.41, 5.74) is 5.45. The Labute approximate surface area is 172 Å². The van der Waals surface area contributed by atoms with Gasteiger partial charge in [0, 0.05) is 38.4 Å². The molecule has 3 rings (SSSR count). The van der Waals surface area contributed by atoms with Gasteiger partial charge in [-0.3, -0.25) is 14.4 Å². The zero-order valence-electron chi connectivity index (χ0n) is 16.0. The van der Waals surface area contributed by atoms with Crippen molar-refractivity contribution in [1.29, 1.82) is 0 Å². The Kier molecular flexibility index (Phi) is 12.4. The maximum atomic E-state index is 12.0. The van der Waals surface area contributed by atoms with Crippen molar-refractivity contribution in [2.45, 2.75) is 42.9 Å². The summed E-state index contributed by atoms with van der Waals surface area (Å²) in [6, 6.07) is 0.934. The highest BCUT2D eigenvalue weighted by molar-refractivity contribution is 7.99. The van der Waals surface area contributed by atoms with E-state index in [-0.39, 0.29) is 30.8 Å². The van der Waals surface area contributed by atoms with E-state index >= 15 is 0 Å². The van der Waals surface area contributed by atoms with E-state index in [9.17, 15) is 4.79 Å². The van der Waals surface area contributed by atoms with Gasteiger partial charge in [-0.1, -0.05) is 11.8 Å². The number of aromatic amines is 1. The fourth-order valence-electron chi connectivity index (χ4n) is 3.18. The van der Waals surface area contributed by atoms with Gasteiger partial charge in [0.25, 0.3) is 12.9 Å². The summed E-state index contributed by atoms with van der Waals surface area (Å²) in [5, 5.41) is 23.9. The molecule has 2 aliphatic heterocycles. The summed E-state index contributed by atoms with van der Waals surface area (Å²) >= 11 is 1.29. The molecule has 3 heterocycles. The molecule has 0 spiro atoms. The van der Waals surface area contributed by atoms with E-state index in [1.807, 2.05) is 0 Å². The van der Waals surface area contributed by atoms with Gasteiger partial charge in [-0.05, 0) is 25.7 Å². The number of nitrogens with one attached hydrogen (secondary N) is 2. The fraction of sp³-hybridized carbons (Fsp3) is 0.688. The minimum absolute atomic E-state index is 0.0305. The second-order valence-electron chi connectivity index (χ2n) is 6.22. The van der Waals surface area contributed by atoms with E-state index in [0.717, 1.165) is 52.0 Å². The second kappa shape index (κ2) is 14.6. The van der Waals surface area contributed by atoms with E-state index in [2.05, 4.69) is 25.4 Å². The Balaban J connectivity index is 0.000000626. The Bertz CT molecular complexity index is 598. The van der Waals surface area contributed by atoms with E-state index in [1.165, 1.54) is 11.8 Å². The summed E-state index contributed by atoms with van der Waals surface area (Å²) in [6.07, 6.45) is 4.30. The molecular formula is C16H28N6O6S. The third-order valence-electron chi connectivity index (χ3n) is 4.42. The molecule has 13 heteroatoms. The molecule has 1 aromatic rings. The van der Waals surface area contributed by atoms with Gasteiger partial charge in [0.15, 0.2) is 0 Å². The molecule has 0 saturated carbocycles. The molecule has 0 aliphatic carbocycles. The first-order chi connectivity index (χ1) is 14.0. The molecule has 0 atom stereocenters. The number of nitrogens with two attached hydrogens (primary N) is 1. The van der Waals surface area contributed by atoms with Gasteiger partial charge in [0.1, 0.15) is 0 Å². The van der Waals surface area contributed by atoms with Crippen molar-refractivity contribution in [2.75, 3.05) is 37.8 Å². The Hall–Kier alpha value is -2.38. The Morgan fingerprint density at radius 2 is 1.83 bits per heavy atom. The lowest BCUT2D eigenvalue weighted by molar-refractivity contribution is -0.123. The van der Waals surface area contributed by atoms with Crippen LogP contribution in [0.4, 0.5) is 5.95 Å². The van der Waals surface area contributed by atoms with Crippen molar-refractivity contribution in [3.05, 3.63) is 0 Å². The molecular weight excluding hydrogens is 404 g/mol. The van der Waals surface area contributed by atoms with Gasteiger partial charge < -0.3 is 30.9 Å². The molecule has 2 aliphatic rings. The molecule has 0 bridgehead atoms. The first-order valence-corrected chi connectivity index (χ1v) is 10.1. The van der Waals surface area contributed by atoms with Crippen LogP contribution >= 0.6 is 11.8 Å². The molecule has 2 fully saturated rings. The normalized spacial score (nSPS) is 17.8. The fourth-order valence-corrected chi connectivity index (χ4v) is 3.80. The predicted octanol–water partition coefficient (Wildman–Crippen LogP) is -0.360. The summed E-state index contributed by atoms with van der Waals surface area (Å²) in [6.45, 7) is 3.37. The lowest BCUT2D eigenvalue weighted by Crippen LogP contribution is -2.49. The van der Waals surface area contributed by atoms with Crippen LogP contribution < -0.4 is 11.1 Å². The number of aromatic nitrogens is 3. The molecule has 0 radical (unpaired) electrons. The van der Waals surface area contributed by atoms with Crippen LogP contribution in [0.3, 0.4) is 0 Å². The molecule has 2 saturated heterocycles. The highest BCUT2D eigenvalue weighted by Gasteiger charge is 2.27. The molecule has 0 aromatic carbocycles. The van der Waals surface area contributed by atoms with Gasteiger partial charge in [-0.2, -0.15) is 4.98 Å². The lowest BCUT2D eigenvalue weighted by atomic mass is 10.00. The van der Waals surface area contributed by atoms with Crippen molar-refractivity contribution >= 4 is 36.6 Å². The number of carbonyl (C=O) groups is 3. The third-order valence-corrected chi connectivity index (χ3v) is 5.26. The van der Waals surface area contributed by atoms with Gasteiger partial charge >= 0.3 is 0 Å². The average Bonchev–Trinajstić information content (AvgIpc) is 3.14. The van der Waals surface area contributed by atoms with Crippen molar-refractivity contribution in [2.24, 2.45) is 0 Å². The molecule has 29 heavy (non-hydrogen) atoms. The molecule has 164 valence electrons. The van der Waals surface area contributed by atoms with Crippen molar-refractivity contribution in [3.63, 3.8) is 0 Å². The van der Waals surface area contributed by atoms with E-state index < -0.39 is 0 Å². The number of nitrogen functional groups attached to an aromatic ring is 1. The smallest absolute Gasteiger partial charge is 0.290 e. The molecule has 6 N–H and O–H groups in total. The second-order valence-corrected chi connectivity index (χ2v) is 7.17. The van der Waals surface area contributed by atoms with Gasteiger partial charge in [0.2, 0.25) is 17.0 Å². The number of thioether (sulfide) groups is 1. The van der Waals surface area contributed by atoms with Gasteiger partial charge in [-0.15, -0.1) is 5.10 Å². The number of rotatable bonds is 5. The molecule has 1 aromatic heterocycles. The number of hydrogen-bond acceptors (Lipinski definition) is 9. The highest BCUT2D eigenvalue weighted by atomic mass is 32.2. The summed E-state index contributed by atoms with van der Waals surface area (Å²) in [4.78, 5) is 35.3. The maximum Gasteiger partial charge on any atom is 0.290 e. The average molecular weight is 433 g/mol. The summed E-state index contributed by atoms with van der Waals surface area (Å²) in [7, 11) is 0. The molecule has 1 amide bonds.